The van der Waals surface area contributed by atoms with E-state index in [0.717, 1.165) is 11.4 Å². The van der Waals surface area contributed by atoms with Crippen LogP contribution < -0.4 is 0 Å². The second-order valence-electron chi connectivity index (χ2n) is 3.73. The highest BCUT2D eigenvalue weighted by molar-refractivity contribution is 6.30. The first-order chi connectivity index (χ1) is 7.25. The van der Waals surface area contributed by atoms with E-state index in [4.69, 9.17) is 11.6 Å². The molecule has 0 N–H and O–H groups in total. The van der Waals surface area contributed by atoms with Gasteiger partial charge in [0.15, 0.2) is 0 Å². The van der Waals surface area contributed by atoms with Crippen molar-refractivity contribution in [3.63, 3.8) is 0 Å². The van der Waals surface area contributed by atoms with E-state index in [1.165, 1.54) is 16.7 Å². The van der Waals surface area contributed by atoms with Gasteiger partial charge in [0.1, 0.15) is 0 Å². The predicted octanol–water partition coefficient (Wildman–Crippen LogP) is 4.24. The molecule has 76 valence electrons. The van der Waals surface area contributed by atoms with Crippen LogP contribution in [0.3, 0.4) is 0 Å². The summed E-state index contributed by atoms with van der Waals surface area (Å²) in [5.41, 5.74) is 4.01. The van der Waals surface area contributed by atoms with Gasteiger partial charge in [0.05, 0.1) is 0 Å². The topological polar surface area (TPSA) is 0 Å². The molecule has 0 fully saturated rings. The second kappa shape index (κ2) is 4.50. The van der Waals surface area contributed by atoms with E-state index in [1.54, 1.807) is 0 Å². The normalized spacial score (nSPS) is 10.3. The average molecular weight is 217 g/mol. The van der Waals surface area contributed by atoms with Crippen LogP contribution in [0.2, 0.25) is 5.02 Å². The van der Waals surface area contributed by atoms with Crippen LogP contribution in [0.5, 0.6) is 0 Å². The summed E-state index contributed by atoms with van der Waals surface area (Å²) in [6, 6.07) is 16.5. The first-order valence-corrected chi connectivity index (χ1v) is 5.42. The standard InChI is InChI=1S/C14H13Cl/c1-11-4-2-3-5-13(11)10-12-6-8-14(15)9-7-12/h2-9H,10H2,1H3. The van der Waals surface area contributed by atoms with Crippen LogP contribution in [0.1, 0.15) is 16.7 Å². The number of rotatable bonds is 2. The maximum Gasteiger partial charge on any atom is 0.0406 e. The van der Waals surface area contributed by atoms with Crippen molar-refractivity contribution in [2.75, 3.05) is 0 Å². The molecule has 15 heavy (non-hydrogen) atoms. The van der Waals surface area contributed by atoms with Crippen LogP contribution >= 0.6 is 11.6 Å². The second-order valence-corrected chi connectivity index (χ2v) is 4.17. The Kier molecular flexibility index (Phi) is 3.08. The van der Waals surface area contributed by atoms with Crippen molar-refractivity contribution in [3.8, 4) is 0 Å². The molecular formula is C14H13Cl. The highest BCUT2D eigenvalue weighted by Gasteiger charge is 1.98. The lowest BCUT2D eigenvalue weighted by molar-refractivity contribution is 1.16. The quantitative estimate of drug-likeness (QED) is 0.705. The van der Waals surface area contributed by atoms with Gasteiger partial charge < -0.3 is 0 Å². The van der Waals surface area contributed by atoms with Crippen molar-refractivity contribution in [1.29, 1.82) is 0 Å². The zero-order valence-electron chi connectivity index (χ0n) is 8.70. The zero-order chi connectivity index (χ0) is 10.7. The van der Waals surface area contributed by atoms with Crippen LogP contribution in [0.15, 0.2) is 48.5 Å². The molecule has 0 heterocycles. The third-order valence-electron chi connectivity index (χ3n) is 2.57. The van der Waals surface area contributed by atoms with E-state index in [-0.39, 0.29) is 0 Å². The summed E-state index contributed by atoms with van der Waals surface area (Å²) >= 11 is 5.85. The van der Waals surface area contributed by atoms with Crippen LogP contribution in [-0.2, 0) is 6.42 Å². The van der Waals surface area contributed by atoms with Gasteiger partial charge in [-0.05, 0) is 42.2 Å². The Morgan fingerprint density at radius 3 is 2.27 bits per heavy atom. The van der Waals surface area contributed by atoms with E-state index in [0.29, 0.717) is 0 Å². The molecule has 0 bridgehead atoms. The van der Waals surface area contributed by atoms with Crippen molar-refractivity contribution < 1.29 is 0 Å². The first kappa shape index (κ1) is 10.3. The molecule has 2 aromatic carbocycles. The molecular weight excluding hydrogens is 204 g/mol. The molecule has 2 aromatic rings. The van der Waals surface area contributed by atoms with E-state index < -0.39 is 0 Å². The highest BCUT2D eigenvalue weighted by Crippen LogP contribution is 2.15. The fourth-order valence-corrected chi connectivity index (χ4v) is 1.76. The summed E-state index contributed by atoms with van der Waals surface area (Å²) in [5, 5.41) is 0.795. The molecule has 0 saturated heterocycles. The zero-order valence-corrected chi connectivity index (χ0v) is 9.46. The van der Waals surface area contributed by atoms with E-state index in [1.807, 2.05) is 12.1 Å². The molecule has 0 nitrogen and oxygen atoms in total. The van der Waals surface area contributed by atoms with Crippen molar-refractivity contribution in [3.05, 3.63) is 70.2 Å². The molecule has 0 aliphatic carbocycles. The Balaban J connectivity index is 2.22. The lowest BCUT2D eigenvalue weighted by Crippen LogP contribution is -1.90. The fraction of sp³-hybridized carbons (Fsp3) is 0.143. The maximum absolute atomic E-state index is 5.85. The Labute approximate surface area is 95.5 Å². The minimum absolute atomic E-state index is 0.795. The monoisotopic (exact) mass is 216 g/mol. The SMILES string of the molecule is Cc1ccccc1Cc1ccc(Cl)cc1. The first-order valence-electron chi connectivity index (χ1n) is 5.04. The molecule has 0 aliphatic rings. The third kappa shape index (κ3) is 2.60. The molecule has 0 atom stereocenters. The Bertz CT molecular complexity index is 443. The smallest absolute Gasteiger partial charge is 0.0406 e. The summed E-state index contributed by atoms with van der Waals surface area (Å²) in [7, 11) is 0. The predicted molar refractivity (Wildman–Crippen MR) is 65.4 cm³/mol. The van der Waals surface area contributed by atoms with Gasteiger partial charge in [-0.15, -0.1) is 0 Å². The van der Waals surface area contributed by atoms with Crippen LogP contribution in [0.25, 0.3) is 0 Å². The van der Waals surface area contributed by atoms with Gasteiger partial charge in [0.25, 0.3) is 0 Å². The van der Waals surface area contributed by atoms with Gasteiger partial charge in [-0.25, -0.2) is 0 Å². The summed E-state index contributed by atoms with van der Waals surface area (Å²) in [6.45, 7) is 2.14. The van der Waals surface area contributed by atoms with Gasteiger partial charge in [0.2, 0.25) is 0 Å². The Morgan fingerprint density at radius 2 is 1.60 bits per heavy atom. The minimum Gasteiger partial charge on any atom is -0.0843 e. The lowest BCUT2D eigenvalue weighted by Gasteiger charge is -2.05. The number of benzene rings is 2. The summed E-state index contributed by atoms with van der Waals surface area (Å²) in [5.74, 6) is 0. The Morgan fingerprint density at radius 1 is 0.933 bits per heavy atom. The lowest BCUT2D eigenvalue weighted by atomic mass is 10.0. The fourth-order valence-electron chi connectivity index (χ4n) is 1.63. The molecule has 0 saturated carbocycles. The molecule has 0 spiro atoms. The van der Waals surface area contributed by atoms with Crippen LogP contribution in [0, 0.1) is 6.92 Å². The molecule has 0 aromatic heterocycles. The molecule has 0 amide bonds. The summed E-state index contributed by atoms with van der Waals surface area (Å²) < 4.78 is 0. The summed E-state index contributed by atoms with van der Waals surface area (Å²) in [4.78, 5) is 0. The largest absolute Gasteiger partial charge is 0.0843 e. The third-order valence-corrected chi connectivity index (χ3v) is 2.82. The molecule has 0 radical (unpaired) electrons. The number of halogens is 1. The average Bonchev–Trinajstić information content (AvgIpc) is 2.25. The van der Waals surface area contributed by atoms with Crippen molar-refractivity contribution >= 4 is 11.6 Å². The van der Waals surface area contributed by atoms with Crippen LogP contribution in [0.4, 0.5) is 0 Å². The van der Waals surface area contributed by atoms with Gasteiger partial charge in [-0.3, -0.25) is 0 Å². The van der Waals surface area contributed by atoms with Crippen molar-refractivity contribution in [1.82, 2.24) is 0 Å². The van der Waals surface area contributed by atoms with Gasteiger partial charge >= 0.3 is 0 Å². The maximum atomic E-state index is 5.85. The number of hydrogen-bond acceptors (Lipinski definition) is 0. The molecule has 1 heteroatoms. The van der Waals surface area contributed by atoms with E-state index in [9.17, 15) is 0 Å². The minimum atomic E-state index is 0.795. The van der Waals surface area contributed by atoms with E-state index >= 15 is 0 Å². The number of aryl methyl sites for hydroxylation is 1. The highest BCUT2D eigenvalue weighted by atomic mass is 35.5. The molecule has 0 unspecified atom stereocenters. The van der Waals surface area contributed by atoms with Crippen molar-refractivity contribution in [2.24, 2.45) is 0 Å². The Hall–Kier alpha value is -1.27. The van der Waals surface area contributed by atoms with Crippen molar-refractivity contribution in [2.45, 2.75) is 13.3 Å². The summed E-state index contributed by atoms with van der Waals surface area (Å²) in [6.07, 6.45) is 0.976. The number of hydrogen-bond donors (Lipinski definition) is 0. The van der Waals surface area contributed by atoms with Gasteiger partial charge in [-0.2, -0.15) is 0 Å². The molecule has 0 aliphatic heterocycles. The van der Waals surface area contributed by atoms with Crippen LogP contribution in [-0.4, -0.2) is 0 Å². The van der Waals surface area contributed by atoms with Gasteiger partial charge in [-0.1, -0.05) is 48.0 Å². The molecule has 2 rings (SSSR count). The van der Waals surface area contributed by atoms with E-state index in [2.05, 4.69) is 43.3 Å². The van der Waals surface area contributed by atoms with Gasteiger partial charge in [0, 0.05) is 5.02 Å².